The zero-order valence-corrected chi connectivity index (χ0v) is 21.0. The lowest BCUT2D eigenvalue weighted by molar-refractivity contribution is 0.565. The number of hydrogen-bond donors (Lipinski definition) is 1. The van der Waals surface area contributed by atoms with Gasteiger partial charge in [0, 0.05) is 53.7 Å². The Morgan fingerprint density at radius 1 is 1.19 bits per heavy atom. The SMILES string of the molecule is Cc1ccc2c(c1Br)CN(c1ncc(Br)cc1S(=O)(=O)NCCCCn1ccnc1)C2. The molecule has 0 atom stereocenters. The van der Waals surface area contributed by atoms with E-state index in [1.54, 1.807) is 24.8 Å². The third-order valence-corrected chi connectivity index (χ3v) is 8.33. The fourth-order valence-electron chi connectivity index (χ4n) is 3.67. The molecule has 4 rings (SSSR count). The lowest BCUT2D eigenvalue weighted by atomic mass is 10.1. The lowest BCUT2D eigenvalue weighted by Crippen LogP contribution is -2.28. The van der Waals surface area contributed by atoms with E-state index in [2.05, 4.69) is 65.6 Å². The number of benzene rings is 1. The summed E-state index contributed by atoms with van der Waals surface area (Å²) in [4.78, 5) is 10.7. The average Bonchev–Trinajstić information content (AvgIpc) is 3.40. The molecule has 0 bridgehead atoms. The first-order valence-electron chi connectivity index (χ1n) is 9.98. The van der Waals surface area contributed by atoms with E-state index in [0.717, 1.165) is 29.4 Å². The number of fused-ring (bicyclic) bond motifs is 1. The number of unbranched alkanes of at least 4 members (excludes halogenated alkanes) is 1. The van der Waals surface area contributed by atoms with Gasteiger partial charge in [0.15, 0.2) is 0 Å². The van der Waals surface area contributed by atoms with E-state index in [-0.39, 0.29) is 4.90 Å². The zero-order valence-electron chi connectivity index (χ0n) is 17.1. The first-order valence-corrected chi connectivity index (χ1v) is 13.0. The molecule has 10 heteroatoms. The molecule has 0 saturated carbocycles. The molecule has 31 heavy (non-hydrogen) atoms. The molecule has 3 heterocycles. The minimum atomic E-state index is -3.71. The van der Waals surface area contributed by atoms with E-state index in [1.807, 2.05) is 15.7 Å². The number of hydrogen-bond acceptors (Lipinski definition) is 5. The third kappa shape index (κ3) is 5.02. The van der Waals surface area contributed by atoms with Gasteiger partial charge >= 0.3 is 0 Å². The van der Waals surface area contributed by atoms with E-state index in [0.29, 0.717) is 29.9 Å². The van der Waals surface area contributed by atoms with E-state index in [9.17, 15) is 8.42 Å². The number of anilines is 1. The largest absolute Gasteiger partial charge is 0.347 e. The summed E-state index contributed by atoms with van der Waals surface area (Å²) in [7, 11) is -3.71. The molecule has 0 amide bonds. The predicted octanol–water partition coefficient (Wildman–Crippen LogP) is 4.39. The van der Waals surface area contributed by atoms with Gasteiger partial charge in [-0.3, -0.25) is 0 Å². The number of aryl methyl sites for hydroxylation is 2. The second-order valence-corrected chi connectivity index (χ2v) is 11.0. The number of halogens is 2. The second-order valence-electron chi connectivity index (χ2n) is 7.57. The van der Waals surface area contributed by atoms with Crippen LogP contribution in [0.25, 0.3) is 0 Å². The van der Waals surface area contributed by atoms with Crippen LogP contribution in [-0.2, 0) is 29.7 Å². The van der Waals surface area contributed by atoms with Crippen LogP contribution in [0.5, 0.6) is 0 Å². The summed E-state index contributed by atoms with van der Waals surface area (Å²) in [5.74, 6) is 0.467. The van der Waals surface area contributed by atoms with Gasteiger partial charge in [-0.15, -0.1) is 0 Å². The van der Waals surface area contributed by atoms with E-state index >= 15 is 0 Å². The molecule has 0 fully saturated rings. The smallest absolute Gasteiger partial charge is 0.244 e. The maximum atomic E-state index is 13.1. The van der Waals surface area contributed by atoms with Crippen LogP contribution >= 0.6 is 31.9 Å². The molecular weight excluding hydrogens is 546 g/mol. The summed E-state index contributed by atoms with van der Waals surface area (Å²) in [5, 5.41) is 0. The monoisotopic (exact) mass is 567 g/mol. The fraction of sp³-hybridized carbons (Fsp3) is 0.333. The maximum Gasteiger partial charge on any atom is 0.244 e. The fourth-order valence-corrected chi connectivity index (χ4v) is 5.94. The molecule has 164 valence electrons. The molecule has 0 spiro atoms. The van der Waals surface area contributed by atoms with E-state index < -0.39 is 10.0 Å². The number of sulfonamides is 1. The van der Waals surface area contributed by atoms with E-state index in [4.69, 9.17) is 0 Å². The average molecular weight is 569 g/mol. The Morgan fingerprint density at radius 2 is 2.03 bits per heavy atom. The number of nitrogens with zero attached hydrogens (tertiary/aromatic N) is 4. The Labute approximate surface area is 199 Å². The van der Waals surface area contributed by atoms with Crippen LogP contribution in [0, 0.1) is 6.92 Å². The van der Waals surface area contributed by atoms with Gasteiger partial charge in [-0.25, -0.2) is 23.1 Å². The van der Waals surface area contributed by atoms with E-state index in [1.165, 1.54) is 11.1 Å². The topological polar surface area (TPSA) is 80.1 Å². The summed E-state index contributed by atoms with van der Waals surface area (Å²) >= 11 is 7.05. The Morgan fingerprint density at radius 3 is 2.81 bits per heavy atom. The molecule has 0 unspecified atom stereocenters. The van der Waals surface area contributed by atoms with Gasteiger partial charge in [0.05, 0.1) is 6.33 Å². The quantitative estimate of drug-likeness (QED) is 0.408. The van der Waals surface area contributed by atoms with Crippen LogP contribution in [0.3, 0.4) is 0 Å². The van der Waals surface area contributed by atoms with Crippen LogP contribution in [0.2, 0.25) is 0 Å². The van der Waals surface area contributed by atoms with Gasteiger partial charge in [0.2, 0.25) is 10.0 Å². The van der Waals surface area contributed by atoms with Crippen LogP contribution in [-0.4, -0.2) is 29.5 Å². The van der Waals surface area contributed by atoms with Crippen molar-refractivity contribution < 1.29 is 8.42 Å². The lowest BCUT2D eigenvalue weighted by Gasteiger charge is -2.20. The van der Waals surface area contributed by atoms with Crippen LogP contribution in [0.1, 0.15) is 29.5 Å². The highest BCUT2D eigenvalue weighted by Gasteiger charge is 2.29. The Hall–Kier alpha value is -1.75. The number of rotatable bonds is 8. The number of aromatic nitrogens is 3. The molecule has 3 aromatic rings. The van der Waals surface area contributed by atoms with Crippen molar-refractivity contribution in [3.8, 4) is 0 Å². The number of pyridine rings is 1. The first-order chi connectivity index (χ1) is 14.8. The summed E-state index contributed by atoms with van der Waals surface area (Å²) < 4.78 is 32.7. The number of nitrogens with one attached hydrogen (secondary N) is 1. The van der Waals surface area contributed by atoms with Crippen LogP contribution in [0.4, 0.5) is 5.82 Å². The summed E-state index contributed by atoms with van der Waals surface area (Å²) in [6.45, 7) is 4.47. The first kappa shape index (κ1) is 22.4. The highest BCUT2D eigenvalue weighted by Crippen LogP contribution is 2.36. The van der Waals surface area contributed by atoms with Gasteiger partial charge in [-0.05, 0) is 58.5 Å². The Balaban J connectivity index is 1.48. The number of imidazole rings is 1. The van der Waals surface area contributed by atoms with Crippen LogP contribution in [0.15, 0.2) is 57.0 Å². The van der Waals surface area contributed by atoms with Gasteiger partial charge in [0.25, 0.3) is 0 Å². The van der Waals surface area contributed by atoms with Gasteiger partial charge in [-0.2, -0.15) is 0 Å². The molecule has 7 nitrogen and oxygen atoms in total. The van der Waals surface area contributed by atoms with Crippen molar-refractivity contribution in [3.63, 3.8) is 0 Å². The van der Waals surface area contributed by atoms with Crippen molar-refractivity contribution in [2.45, 2.75) is 44.3 Å². The van der Waals surface area contributed by atoms with Crippen molar-refractivity contribution in [2.24, 2.45) is 0 Å². The van der Waals surface area contributed by atoms with Crippen molar-refractivity contribution in [1.29, 1.82) is 0 Å². The molecule has 0 saturated heterocycles. The summed E-state index contributed by atoms with van der Waals surface area (Å²) in [6, 6.07) is 5.80. The van der Waals surface area contributed by atoms with Gasteiger partial charge in [0.1, 0.15) is 10.7 Å². The molecule has 0 radical (unpaired) electrons. The van der Waals surface area contributed by atoms with Crippen molar-refractivity contribution in [1.82, 2.24) is 19.3 Å². The normalized spacial score (nSPS) is 13.6. The molecular formula is C21H23Br2N5O2S. The molecule has 1 aromatic carbocycles. The molecule has 1 aliphatic heterocycles. The zero-order chi connectivity index (χ0) is 22.0. The standard InChI is InChI=1S/C21H23Br2N5O2S/c1-15-4-5-16-12-28(13-18(16)20(15)23)21-19(10-17(22)11-25-21)31(29,30)26-6-2-3-8-27-9-7-24-14-27/h4-5,7,9-11,14,26H,2-3,6,8,12-13H2,1H3. The highest BCUT2D eigenvalue weighted by molar-refractivity contribution is 9.10. The highest BCUT2D eigenvalue weighted by atomic mass is 79.9. The minimum Gasteiger partial charge on any atom is -0.347 e. The third-order valence-electron chi connectivity index (χ3n) is 5.33. The Bertz CT molecular complexity index is 1180. The summed E-state index contributed by atoms with van der Waals surface area (Å²) in [6.07, 6.45) is 8.63. The summed E-state index contributed by atoms with van der Waals surface area (Å²) in [5.41, 5.74) is 3.52. The van der Waals surface area contributed by atoms with Crippen molar-refractivity contribution in [3.05, 3.63) is 68.8 Å². The molecule has 1 N–H and O–H groups in total. The van der Waals surface area contributed by atoms with Crippen molar-refractivity contribution >= 4 is 47.7 Å². The predicted molar refractivity (Wildman–Crippen MR) is 127 cm³/mol. The maximum absolute atomic E-state index is 13.1. The van der Waals surface area contributed by atoms with Gasteiger partial charge < -0.3 is 9.47 Å². The molecule has 1 aliphatic rings. The molecule has 2 aromatic heterocycles. The second kappa shape index (κ2) is 9.40. The van der Waals surface area contributed by atoms with Crippen LogP contribution < -0.4 is 9.62 Å². The van der Waals surface area contributed by atoms with Gasteiger partial charge in [-0.1, -0.05) is 28.1 Å². The van der Waals surface area contributed by atoms with Crippen molar-refractivity contribution in [2.75, 3.05) is 11.4 Å². The Kier molecular flexibility index (Phi) is 6.80. The molecule has 0 aliphatic carbocycles. The minimum absolute atomic E-state index is 0.192.